The minimum absolute atomic E-state index is 0.128. The Morgan fingerprint density at radius 3 is 2.36 bits per heavy atom. The minimum Gasteiger partial charge on any atom is -0.493 e. The third-order valence-corrected chi connectivity index (χ3v) is 4.39. The summed E-state index contributed by atoms with van der Waals surface area (Å²) in [6.45, 7) is 8.59. The van der Waals surface area contributed by atoms with Gasteiger partial charge in [-0.15, -0.1) is 0 Å². The molecule has 1 N–H and O–H groups in total. The molecule has 1 aromatic heterocycles. The molecule has 150 valence electrons. The van der Waals surface area contributed by atoms with Gasteiger partial charge in [-0.1, -0.05) is 0 Å². The molecule has 0 aliphatic rings. The van der Waals surface area contributed by atoms with Crippen molar-refractivity contribution in [3.05, 3.63) is 46.3 Å². The Kier molecular flexibility index (Phi) is 6.62. The Bertz CT molecular complexity index is 912. The van der Waals surface area contributed by atoms with E-state index in [0.29, 0.717) is 34.9 Å². The number of aromatic amines is 1. The third-order valence-electron chi connectivity index (χ3n) is 4.39. The number of Topliss-reactive ketones (excluding diaryl/α,β-unsaturated/α-hetero) is 2. The van der Waals surface area contributed by atoms with Crippen LogP contribution in [0.3, 0.4) is 0 Å². The first-order chi connectivity index (χ1) is 13.2. The van der Waals surface area contributed by atoms with Gasteiger partial charge in [0.25, 0.3) is 0 Å². The molecule has 28 heavy (non-hydrogen) atoms. The molecule has 0 saturated carbocycles. The van der Waals surface area contributed by atoms with Crippen LogP contribution in [-0.4, -0.2) is 42.3 Å². The number of carbonyl (C=O) groups is 3. The quantitative estimate of drug-likeness (QED) is 0.549. The summed E-state index contributed by atoms with van der Waals surface area (Å²) < 4.78 is 16.0. The lowest BCUT2D eigenvalue weighted by Gasteiger charge is -2.14. The van der Waals surface area contributed by atoms with Crippen molar-refractivity contribution in [1.82, 2.24) is 4.98 Å². The van der Waals surface area contributed by atoms with Crippen molar-refractivity contribution in [2.75, 3.05) is 13.7 Å². The summed E-state index contributed by atoms with van der Waals surface area (Å²) in [5.41, 5.74) is 2.17. The number of aromatic nitrogens is 1. The molecule has 2 rings (SSSR count). The average Bonchev–Trinajstić information content (AvgIpc) is 2.95. The maximum atomic E-state index is 12.7. The molecule has 0 unspecified atom stereocenters. The van der Waals surface area contributed by atoms with Gasteiger partial charge in [-0.05, 0) is 58.4 Å². The van der Waals surface area contributed by atoms with Crippen LogP contribution < -0.4 is 9.47 Å². The largest absolute Gasteiger partial charge is 0.493 e. The molecule has 0 aliphatic carbocycles. The lowest BCUT2D eigenvalue weighted by molar-refractivity contribution is 0.0316. The van der Waals surface area contributed by atoms with Crippen LogP contribution in [-0.2, 0) is 4.74 Å². The molecule has 0 aliphatic heterocycles. The molecule has 0 radical (unpaired) electrons. The van der Waals surface area contributed by atoms with Gasteiger partial charge in [0.05, 0.1) is 25.0 Å². The number of aryl methyl sites for hydroxylation is 1. The van der Waals surface area contributed by atoms with Crippen LogP contribution in [0.25, 0.3) is 0 Å². The second kappa shape index (κ2) is 8.73. The van der Waals surface area contributed by atoms with E-state index in [1.54, 1.807) is 26.0 Å². The Morgan fingerprint density at radius 1 is 1.14 bits per heavy atom. The van der Waals surface area contributed by atoms with E-state index < -0.39 is 17.9 Å². The van der Waals surface area contributed by atoms with E-state index in [4.69, 9.17) is 14.2 Å². The number of hydrogen-bond acceptors (Lipinski definition) is 6. The summed E-state index contributed by atoms with van der Waals surface area (Å²) in [5, 5.41) is 0. The van der Waals surface area contributed by atoms with Gasteiger partial charge in [-0.25, -0.2) is 4.79 Å². The molecule has 1 aromatic carbocycles. The van der Waals surface area contributed by atoms with Gasteiger partial charge in [0.1, 0.15) is 0 Å². The summed E-state index contributed by atoms with van der Waals surface area (Å²) in [5.74, 6) is -0.272. The van der Waals surface area contributed by atoms with Crippen LogP contribution in [0.2, 0.25) is 0 Å². The number of hydrogen-bond donors (Lipinski definition) is 1. The SMILES string of the molecule is CCOc1cc(C(=O)O[C@H](C)C(=O)c2[nH]c(C)c(C(C)=O)c2C)ccc1OC. The fourth-order valence-corrected chi connectivity index (χ4v) is 3.08. The van der Waals surface area contributed by atoms with Gasteiger partial charge in [0, 0.05) is 11.3 Å². The first-order valence-corrected chi connectivity index (χ1v) is 8.97. The molecular formula is C21H25NO6. The molecule has 7 heteroatoms. The zero-order chi connectivity index (χ0) is 21.0. The summed E-state index contributed by atoms with van der Waals surface area (Å²) in [6.07, 6.45) is -1.03. The fraction of sp³-hybridized carbons (Fsp3) is 0.381. The molecule has 0 saturated heterocycles. The molecule has 7 nitrogen and oxygen atoms in total. The van der Waals surface area contributed by atoms with E-state index in [1.807, 2.05) is 6.92 Å². The summed E-state index contributed by atoms with van der Waals surface area (Å²) in [6, 6.07) is 4.66. The van der Waals surface area contributed by atoms with E-state index in [1.165, 1.54) is 27.0 Å². The smallest absolute Gasteiger partial charge is 0.338 e. The van der Waals surface area contributed by atoms with Gasteiger partial charge >= 0.3 is 5.97 Å². The maximum absolute atomic E-state index is 12.7. The van der Waals surface area contributed by atoms with Gasteiger partial charge in [0.15, 0.2) is 23.4 Å². The second-order valence-electron chi connectivity index (χ2n) is 6.39. The predicted octanol–water partition coefficient (Wildman–Crippen LogP) is 3.67. The molecule has 0 spiro atoms. The van der Waals surface area contributed by atoms with Crippen molar-refractivity contribution in [2.45, 2.75) is 40.7 Å². The van der Waals surface area contributed by atoms with E-state index in [2.05, 4.69) is 4.98 Å². The third kappa shape index (κ3) is 4.24. The highest BCUT2D eigenvalue weighted by Gasteiger charge is 2.26. The standard InChI is InChI=1S/C21H25NO6/c1-7-27-17-10-15(8-9-16(17)26-6)21(25)28-14(5)20(24)19-11(2)18(13(4)23)12(3)22-19/h8-10,14,22H,7H2,1-6H3/t14-/m1/s1. The van der Waals surface area contributed by atoms with E-state index in [9.17, 15) is 14.4 Å². The predicted molar refractivity (Wildman–Crippen MR) is 104 cm³/mol. The first-order valence-electron chi connectivity index (χ1n) is 8.97. The zero-order valence-electron chi connectivity index (χ0n) is 17.0. The topological polar surface area (TPSA) is 94.7 Å². The maximum Gasteiger partial charge on any atom is 0.338 e. The first kappa shape index (κ1) is 21.2. The molecule has 0 bridgehead atoms. The number of benzene rings is 1. The Labute approximate surface area is 164 Å². The number of methoxy groups -OCH3 is 1. The van der Waals surface area contributed by atoms with Crippen molar-refractivity contribution in [1.29, 1.82) is 0 Å². The number of carbonyl (C=O) groups excluding carboxylic acids is 3. The Hall–Kier alpha value is -3.09. The van der Waals surface area contributed by atoms with E-state index in [-0.39, 0.29) is 17.0 Å². The molecule has 0 fully saturated rings. The van der Waals surface area contributed by atoms with Crippen molar-refractivity contribution in [3.63, 3.8) is 0 Å². The highest BCUT2D eigenvalue weighted by atomic mass is 16.5. The van der Waals surface area contributed by atoms with Crippen LogP contribution in [0.5, 0.6) is 11.5 Å². The lowest BCUT2D eigenvalue weighted by atomic mass is 10.0. The normalized spacial score (nSPS) is 11.6. The average molecular weight is 387 g/mol. The van der Waals surface area contributed by atoms with Crippen LogP contribution in [0.15, 0.2) is 18.2 Å². The molecule has 1 atom stereocenters. The van der Waals surface area contributed by atoms with Gasteiger partial charge in [-0.3, -0.25) is 9.59 Å². The van der Waals surface area contributed by atoms with Crippen molar-refractivity contribution >= 4 is 17.5 Å². The van der Waals surface area contributed by atoms with Crippen LogP contribution in [0.4, 0.5) is 0 Å². The molecule has 1 heterocycles. The Morgan fingerprint density at radius 2 is 1.82 bits per heavy atom. The van der Waals surface area contributed by atoms with Crippen LogP contribution in [0, 0.1) is 13.8 Å². The van der Waals surface area contributed by atoms with Gasteiger partial charge < -0.3 is 19.2 Å². The van der Waals surface area contributed by atoms with E-state index in [0.717, 1.165) is 0 Å². The number of ether oxygens (including phenoxy) is 3. The molecule has 0 amide bonds. The van der Waals surface area contributed by atoms with Crippen molar-refractivity contribution in [3.8, 4) is 11.5 Å². The Balaban J connectivity index is 2.21. The van der Waals surface area contributed by atoms with Crippen LogP contribution >= 0.6 is 0 Å². The molecular weight excluding hydrogens is 362 g/mol. The number of nitrogens with one attached hydrogen (secondary N) is 1. The summed E-state index contributed by atoms with van der Waals surface area (Å²) >= 11 is 0. The summed E-state index contributed by atoms with van der Waals surface area (Å²) in [4.78, 5) is 39.9. The summed E-state index contributed by atoms with van der Waals surface area (Å²) in [7, 11) is 1.51. The van der Waals surface area contributed by atoms with Gasteiger partial charge in [0.2, 0.25) is 5.78 Å². The highest BCUT2D eigenvalue weighted by molar-refractivity contribution is 6.05. The van der Waals surface area contributed by atoms with Gasteiger partial charge in [-0.2, -0.15) is 0 Å². The van der Waals surface area contributed by atoms with Crippen molar-refractivity contribution < 1.29 is 28.6 Å². The number of ketones is 2. The number of esters is 1. The van der Waals surface area contributed by atoms with Crippen molar-refractivity contribution in [2.24, 2.45) is 0 Å². The second-order valence-corrected chi connectivity index (χ2v) is 6.39. The zero-order valence-corrected chi connectivity index (χ0v) is 17.0. The minimum atomic E-state index is -1.03. The fourth-order valence-electron chi connectivity index (χ4n) is 3.08. The monoisotopic (exact) mass is 387 g/mol. The molecule has 2 aromatic rings. The van der Waals surface area contributed by atoms with E-state index >= 15 is 0 Å². The number of rotatable bonds is 8. The lowest BCUT2D eigenvalue weighted by Crippen LogP contribution is -2.25. The highest BCUT2D eigenvalue weighted by Crippen LogP contribution is 2.28. The number of H-pyrrole nitrogens is 1. The van der Waals surface area contributed by atoms with Crippen LogP contribution in [0.1, 0.15) is 63.2 Å².